The molecule has 6 rings (SSSR count). The van der Waals surface area contributed by atoms with Gasteiger partial charge in [0.15, 0.2) is 0 Å². The number of aliphatic hydroxyl groups is 1. The molecule has 0 aliphatic carbocycles. The first-order chi connectivity index (χ1) is 19.8. The molecule has 1 saturated heterocycles. The van der Waals surface area contributed by atoms with Crippen molar-refractivity contribution in [1.82, 2.24) is 33.8 Å². The van der Waals surface area contributed by atoms with Crippen molar-refractivity contribution >= 4 is 11.6 Å². The molecule has 210 valence electrons. The van der Waals surface area contributed by atoms with Crippen molar-refractivity contribution in [1.29, 1.82) is 0 Å². The maximum Gasteiger partial charge on any atom is 0.296 e. The van der Waals surface area contributed by atoms with Gasteiger partial charge in [0.05, 0.1) is 35.3 Å². The van der Waals surface area contributed by atoms with Gasteiger partial charge in [0.1, 0.15) is 6.33 Å². The van der Waals surface area contributed by atoms with Gasteiger partial charge >= 0.3 is 0 Å². The van der Waals surface area contributed by atoms with Gasteiger partial charge in [-0.15, -0.1) is 0 Å². The summed E-state index contributed by atoms with van der Waals surface area (Å²) in [5.41, 5.74) is 9.34. The fraction of sp³-hybridized carbons (Fsp3) is 0.300. The molecule has 1 aliphatic heterocycles. The Bertz CT molecular complexity index is 1750. The number of benzene rings is 2. The molecule has 5 aromatic rings. The number of likely N-dealkylation sites (tertiary alicyclic amines) is 1. The van der Waals surface area contributed by atoms with Crippen LogP contribution in [0.4, 0.5) is 0 Å². The van der Waals surface area contributed by atoms with Crippen molar-refractivity contribution in [3.8, 4) is 11.3 Å². The van der Waals surface area contributed by atoms with Crippen LogP contribution in [0.5, 0.6) is 0 Å². The average molecular weight is 553 g/mol. The van der Waals surface area contributed by atoms with Crippen molar-refractivity contribution in [2.45, 2.75) is 38.0 Å². The van der Waals surface area contributed by atoms with E-state index in [2.05, 4.69) is 15.2 Å². The molecular formula is C30H32N8O3. The Balaban J connectivity index is 1.15. The molecule has 41 heavy (non-hydrogen) atoms. The molecule has 11 heteroatoms. The van der Waals surface area contributed by atoms with Gasteiger partial charge in [-0.05, 0) is 24.0 Å². The van der Waals surface area contributed by atoms with E-state index < -0.39 is 5.60 Å². The first-order valence-corrected chi connectivity index (χ1v) is 13.6. The Morgan fingerprint density at radius 2 is 1.78 bits per heavy atom. The van der Waals surface area contributed by atoms with Gasteiger partial charge < -0.3 is 15.7 Å². The largest absolute Gasteiger partial charge is 0.388 e. The van der Waals surface area contributed by atoms with Crippen LogP contribution in [-0.4, -0.2) is 63.5 Å². The number of nitrogens with two attached hydrogens (primary N) is 1. The van der Waals surface area contributed by atoms with Crippen molar-refractivity contribution in [3.05, 3.63) is 106 Å². The van der Waals surface area contributed by atoms with E-state index >= 15 is 0 Å². The minimum Gasteiger partial charge on any atom is -0.388 e. The van der Waals surface area contributed by atoms with Crippen LogP contribution in [0.25, 0.3) is 16.9 Å². The van der Waals surface area contributed by atoms with Crippen LogP contribution in [0, 0.1) is 0 Å². The highest BCUT2D eigenvalue weighted by atomic mass is 16.3. The van der Waals surface area contributed by atoms with Crippen LogP contribution in [0.3, 0.4) is 0 Å². The smallest absolute Gasteiger partial charge is 0.296 e. The minimum absolute atomic E-state index is 0.0664. The number of carbonyl (C=O) groups excluding carboxylic acids is 1. The lowest BCUT2D eigenvalue weighted by Crippen LogP contribution is -2.49. The minimum atomic E-state index is -1.16. The van der Waals surface area contributed by atoms with E-state index in [4.69, 9.17) is 5.73 Å². The number of fused-ring (bicyclic) bond motifs is 1. The second-order valence-electron chi connectivity index (χ2n) is 10.7. The quantitative estimate of drug-likeness (QED) is 0.315. The van der Waals surface area contributed by atoms with Crippen molar-refractivity contribution < 1.29 is 9.90 Å². The molecule has 0 unspecified atom stereocenters. The van der Waals surface area contributed by atoms with Gasteiger partial charge in [-0.2, -0.15) is 10.2 Å². The number of aromatic nitrogens is 6. The third kappa shape index (κ3) is 5.29. The summed E-state index contributed by atoms with van der Waals surface area (Å²) in [6, 6.07) is 17.6. The summed E-state index contributed by atoms with van der Waals surface area (Å²) in [6.07, 6.45) is 6.04. The molecule has 0 radical (unpaired) electrons. The summed E-state index contributed by atoms with van der Waals surface area (Å²) in [5.74, 6) is -0.101. The van der Waals surface area contributed by atoms with Gasteiger partial charge in [-0.25, -0.2) is 9.50 Å². The number of imidazole rings is 1. The van der Waals surface area contributed by atoms with Crippen LogP contribution in [0.2, 0.25) is 0 Å². The molecular weight excluding hydrogens is 520 g/mol. The molecule has 11 nitrogen and oxygen atoms in total. The number of nitrogens with zero attached hydrogens (tertiary/aromatic N) is 7. The number of rotatable bonds is 7. The summed E-state index contributed by atoms with van der Waals surface area (Å²) in [5, 5.41) is 20.4. The summed E-state index contributed by atoms with van der Waals surface area (Å²) in [6.45, 7) is 1.25. The van der Waals surface area contributed by atoms with Crippen molar-refractivity contribution in [3.63, 3.8) is 0 Å². The van der Waals surface area contributed by atoms with E-state index in [0.717, 1.165) is 22.4 Å². The Morgan fingerprint density at radius 3 is 2.49 bits per heavy atom. The van der Waals surface area contributed by atoms with E-state index in [1.807, 2.05) is 61.6 Å². The predicted octanol–water partition coefficient (Wildman–Crippen LogP) is 2.01. The molecule has 0 spiro atoms. The van der Waals surface area contributed by atoms with Crippen LogP contribution < -0.4 is 11.3 Å². The fourth-order valence-electron chi connectivity index (χ4n) is 5.43. The predicted molar refractivity (Wildman–Crippen MR) is 153 cm³/mol. The molecule has 1 aliphatic rings. The topological polar surface area (TPSA) is 137 Å². The van der Waals surface area contributed by atoms with E-state index in [1.165, 1.54) is 15.4 Å². The number of aryl methyl sites for hydroxylation is 1. The summed E-state index contributed by atoms with van der Waals surface area (Å²) < 4.78 is 4.58. The Kier molecular flexibility index (Phi) is 6.98. The molecule has 0 saturated carbocycles. The molecule has 3 aromatic heterocycles. The highest BCUT2D eigenvalue weighted by Gasteiger charge is 2.36. The number of hydrogen-bond donors (Lipinski definition) is 2. The summed E-state index contributed by atoms with van der Waals surface area (Å²) in [7, 11) is 1.81. The molecule has 2 aromatic carbocycles. The zero-order chi connectivity index (χ0) is 28.6. The molecule has 0 bridgehead atoms. The van der Waals surface area contributed by atoms with Crippen molar-refractivity contribution in [2.75, 3.05) is 13.1 Å². The zero-order valence-corrected chi connectivity index (χ0v) is 22.8. The standard InChI is InChI=1S/C30H32N8O3/c1-35-18-24(25(34-35)15-21-5-3-2-4-6-21)28(39)36-13-11-30(41,12-14-36)19-37-20-33-38-26(17-32-27(38)29(37)40)23-9-7-22(16-31)8-10-23/h2-10,17-18,20,41H,11-16,19,31H2,1H3. The number of carbonyl (C=O) groups is 1. The van der Waals surface area contributed by atoms with E-state index in [-0.39, 0.29) is 23.7 Å². The lowest BCUT2D eigenvalue weighted by Gasteiger charge is -2.38. The van der Waals surface area contributed by atoms with Crippen LogP contribution >= 0.6 is 0 Å². The van der Waals surface area contributed by atoms with Crippen LogP contribution in [0.15, 0.2) is 78.1 Å². The lowest BCUT2D eigenvalue weighted by molar-refractivity contribution is -0.0300. The third-order valence-corrected chi connectivity index (χ3v) is 7.78. The Hall–Kier alpha value is -4.61. The fourth-order valence-corrected chi connectivity index (χ4v) is 5.43. The molecule has 3 N–H and O–H groups in total. The lowest BCUT2D eigenvalue weighted by atomic mass is 9.91. The SMILES string of the molecule is Cn1cc(C(=O)N2CCC(O)(Cn3cnn4c(-c5ccc(CN)cc5)cnc4c3=O)CC2)c(Cc2ccccc2)n1. The maximum atomic E-state index is 13.5. The first kappa shape index (κ1) is 26.6. The Morgan fingerprint density at radius 1 is 1.05 bits per heavy atom. The molecule has 1 fully saturated rings. The monoisotopic (exact) mass is 552 g/mol. The van der Waals surface area contributed by atoms with E-state index in [9.17, 15) is 14.7 Å². The summed E-state index contributed by atoms with van der Waals surface area (Å²) in [4.78, 5) is 32.8. The van der Waals surface area contributed by atoms with Gasteiger partial charge in [0, 0.05) is 44.9 Å². The molecule has 1 amide bonds. The van der Waals surface area contributed by atoms with E-state index in [1.54, 1.807) is 22.0 Å². The molecule has 0 atom stereocenters. The van der Waals surface area contributed by atoms with E-state index in [0.29, 0.717) is 50.2 Å². The van der Waals surface area contributed by atoms with Gasteiger partial charge in [0.25, 0.3) is 11.5 Å². The maximum absolute atomic E-state index is 13.5. The van der Waals surface area contributed by atoms with Crippen molar-refractivity contribution in [2.24, 2.45) is 12.8 Å². The molecule has 4 heterocycles. The second kappa shape index (κ2) is 10.8. The van der Waals surface area contributed by atoms with Crippen LogP contribution in [0.1, 0.15) is 40.0 Å². The third-order valence-electron chi connectivity index (χ3n) is 7.78. The average Bonchev–Trinajstić information content (AvgIpc) is 3.59. The van der Waals surface area contributed by atoms with Gasteiger partial charge in [0.2, 0.25) is 5.65 Å². The number of amides is 1. The summed E-state index contributed by atoms with van der Waals surface area (Å²) >= 11 is 0. The number of hydrogen-bond acceptors (Lipinski definition) is 7. The first-order valence-electron chi connectivity index (χ1n) is 13.6. The van der Waals surface area contributed by atoms with Gasteiger partial charge in [-0.3, -0.25) is 18.8 Å². The Labute approximate surface area is 236 Å². The van der Waals surface area contributed by atoms with Gasteiger partial charge in [-0.1, -0.05) is 54.6 Å². The zero-order valence-electron chi connectivity index (χ0n) is 22.8. The highest BCUT2D eigenvalue weighted by Crippen LogP contribution is 2.26. The number of piperidine rings is 1. The van der Waals surface area contributed by atoms with Crippen LogP contribution in [-0.2, 0) is 26.6 Å². The normalized spacial score (nSPS) is 15.0. The highest BCUT2D eigenvalue weighted by molar-refractivity contribution is 5.95. The second-order valence-corrected chi connectivity index (χ2v) is 10.7.